The minimum absolute atomic E-state index is 0.0102. The number of fused-ring (bicyclic) bond motifs is 2. The molecule has 3 aromatic rings. The summed E-state index contributed by atoms with van der Waals surface area (Å²) in [5.74, 6) is -0.0884. The van der Waals surface area contributed by atoms with E-state index in [0.29, 0.717) is 30.7 Å². The van der Waals surface area contributed by atoms with E-state index in [2.05, 4.69) is 0 Å². The van der Waals surface area contributed by atoms with Crippen LogP contribution in [0, 0.1) is 0 Å². The number of para-hydroxylation sites is 1. The predicted molar refractivity (Wildman–Crippen MR) is 133 cm³/mol. The monoisotopic (exact) mass is 496 g/mol. The molecule has 0 radical (unpaired) electrons. The molecule has 2 aliphatic heterocycles. The quantitative estimate of drug-likeness (QED) is 0.537. The number of amides is 1. The Morgan fingerprint density at radius 1 is 1.06 bits per heavy atom. The summed E-state index contributed by atoms with van der Waals surface area (Å²) in [7, 11) is -2.41. The first-order chi connectivity index (χ1) is 16.7. The molecule has 0 aliphatic carbocycles. The summed E-state index contributed by atoms with van der Waals surface area (Å²) in [5, 5.41) is 0.127. The smallest absolute Gasteiger partial charge is 0.331 e. The minimum atomic E-state index is -3.95. The zero-order valence-corrected chi connectivity index (χ0v) is 20.6. The average molecular weight is 497 g/mol. The van der Waals surface area contributed by atoms with Gasteiger partial charge in [0.05, 0.1) is 21.5 Å². The molecule has 1 atom stereocenters. The van der Waals surface area contributed by atoms with Crippen LogP contribution in [0.15, 0.2) is 56.9 Å². The van der Waals surface area contributed by atoms with Crippen molar-refractivity contribution in [1.29, 1.82) is 0 Å². The number of hydrogen-bond acceptors (Lipinski definition) is 5. The second-order valence-corrected chi connectivity index (χ2v) is 11.1. The number of carbonyl (C=O) groups excluding carboxylic acids is 1. The molecule has 184 valence electrons. The summed E-state index contributed by atoms with van der Waals surface area (Å²) in [5.41, 5.74) is 0.810. The fraction of sp³-hybridized carbons (Fsp3) is 0.400. The van der Waals surface area contributed by atoms with Gasteiger partial charge in [0, 0.05) is 39.1 Å². The molecule has 1 unspecified atom stereocenters. The van der Waals surface area contributed by atoms with Crippen molar-refractivity contribution in [2.24, 2.45) is 7.05 Å². The molecular weight excluding hydrogens is 468 g/mol. The largest absolute Gasteiger partial charge is 0.343 e. The van der Waals surface area contributed by atoms with Crippen LogP contribution >= 0.6 is 0 Å². The van der Waals surface area contributed by atoms with E-state index in [4.69, 9.17) is 0 Å². The molecule has 3 heterocycles. The van der Waals surface area contributed by atoms with E-state index in [0.717, 1.165) is 23.0 Å². The number of hydrogen-bond donors (Lipinski definition) is 0. The van der Waals surface area contributed by atoms with Crippen LogP contribution in [0.3, 0.4) is 0 Å². The SMILES string of the molecule is CC1Cc2ccccc2N1S(=O)(=O)c1ccc2c(c1)c(=O)n(CCC(=O)N1CCCC1)c(=O)n2C. The van der Waals surface area contributed by atoms with Crippen LogP contribution in [-0.4, -0.2) is 47.5 Å². The summed E-state index contributed by atoms with van der Waals surface area (Å²) >= 11 is 0. The highest BCUT2D eigenvalue weighted by Gasteiger charge is 2.36. The number of anilines is 1. The Labute approximate surface area is 203 Å². The number of rotatable bonds is 5. The highest BCUT2D eigenvalue weighted by atomic mass is 32.2. The minimum Gasteiger partial charge on any atom is -0.343 e. The molecule has 0 bridgehead atoms. The van der Waals surface area contributed by atoms with E-state index in [1.807, 2.05) is 19.1 Å². The van der Waals surface area contributed by atoms with Crippen molar-refractivity contribution < 1.29 is 13.2 Å². The summed E-state index contributed by atoms with van der Waals surface area (Å²) in [4.78, 5) is 40.4. The normalized spacial score (nSPS) is 17.8. The lowest BCUT2D eigenvalue weighted by atomic mass is 10.1. The van der Waals surface area contributed by atoms with E-state index in [-0.39, 0.29) is 35.2 Å². The maximum absolute atomic E-state index is 13.7. The van der Waals surface area contributed by atoms with Crippen molar-refractivity contribution in [2.75, 3.05) is 17.4 Å². The van der Waals surface area contributed by atoms with Crippen molar-refractivity contribution in [3.05, 3.63) is 68.9 Å². The lowest BCUT2D eigenvalue weighted by Gasteiger charge is -2.24. The third-order valence-corrected chi connectivity index (χ3v) is 8.96. The van der Waals surface area contributed by atoms with Gasteiger partial charge in [0.15, 0.2) is 0 Å². The van der Waals surface area contributed by atoms with Gasteiger partial charge in [-0.15, -0.1) is 0 Å². The van der Waals surface area contributed by atoms with E-state index in [1.54, 1.807) is 17.0 Å². The van der Waals surface area contributed by atoms with Crippen LogP contribution < -0.4 is 15.6 Å². The van der Waals surface area contributed by atoms with Gasteiger partial charge in [0.1, 0.15) is 0 Å². The molecule has 1 amide bonds. The highest BCUT2D eigenvalue weighted by molar-refractivity contribution is 7.92. The molecule has 2 aromatic carbocycles. The highest BCUT2D eigenvalue weighted by Crippen LogP contribution is 2.36. The van der Waals surface area contributed by atoms with Crippen molar-refractivity contribution in [3.63, 3.8) is 0 Å². The summed E-state index contributed by atoms with van der Waals surface area (Å²) in [6.45, 7) is 3.20. The lowest BCUT2D eigenvalue weighted by Crippen LogP contribution is -2.40. The van der Waals surface area contributed by atoms with Gasteiger partial charge in [-0.2, -0.15) is 0 Å². The fourth-order valence-corrected chi connectivity index (χ4v) is 6.92. The number of benzene rings is 2. The van der Waals surface area contributed by atoms with Crippen LogP contribution in [0.1, 0.15) is 31.7 Å². The van der Waals surface area contributed by atoms with Gasteiger partial charge in [0.2, 0.25) is 5.91 Å². The number of carbonyl (C=O) groups is 1. The molecule has 0 N–H and O–H groups in total. The van der Waals surface area contributed by atoms with Gasteiger partial charge >= 0.3 is 5.69 Å². The molecule has 35 heavy (non-hydrogen) atoms. The Morgan fingerprint density at radius 3 is 2.51 bits per heavy atom. The van der Waals surface area contributed by atoms with Gasteiger partial charge < -0.3 is 4.90 Å². The Morgan fingerprint density at radius 2 is 1.77 bits per heavy atom. The molecule has 1 aromatic heterocycles. The maximum Gasteiger partial charge on any atom is 0.331 e. The number of aromatic nitrogens is 2. The number of nitrogens with zero attached hydrogens (tertiary/aromatic N) is 4. The standard InChI is InChI=1S/C25H28N4O5S/c1-17-15-18-7-3-4-8-21(18)29(17)35(33,34)19-9-10-22-20(16-19)24(31)28(25(32)26(22)2)14-11-23(30)27-12-5-6-13-27/h3-4,7-10,16-17H,5-6,11-15H2,1-2H3. The maximum atomic E-state index is 13.7. The van der Waals surface area contributed by atoms with Gasteiger partial charge in [-0.05, 0) is 56.0 Å². The molecule has 0 saturated carbocycles. The topological polar surface area (TPSA) is 102 Å². The zero-order valence-electron chi connectivity index (χ0n) is 19.8. The van der Waals surface area contributed by atoms with Gasteiger partial charge in [0.25, 0.3) is 15.6 Å². The summed E-state index contributed by atoms with van der Waals surface area (Å²) in [6.07, 6.45) is 2.57. The molecule has 2 aliphatic rings. The Kier molecular flexibility index (Phi) is 5.79. The fourth-order valence-electron chi connectivity index (χ4n) is 5.20. The van der Waals surface area contributed by atoms with Crippen LogP contribution in [0.5, 0.6) is 0 Å². The summed E-state index contributed by atoms with van der Waals surface area (Å²) in [6, 6.07) is 11.4. The average Bonchev–Trinajstić information content (AvgIpc) is 3.49. The van der Waals surface area contributed by atoms with Crippen LogP contribution in [0.25, 0.3) is 10.9 Å². The number of likely N-dealkylation sites (tertiary alicyclic amines) is 1. The molecule has 1 fully saturated rings. The molecule has 10 heteroatoms. The van der Waals surface area contributed by atoms with Gasteiger partial charge in [-0.25, -0.2) is 13.2 Å². The first-order valence-corrected chi connectivity index (χ1v) is 13.3. The molecule has 9 nitrogen and oxygen atoms in total. The predicted octanol–water partition coefficient (Wildman–Crippen LogP) is 1.85. The van der Waals surface area contributed by atoms with Gasteiger partial charge in [-0.1, -0.05) is 18.2 Å². The Bertz CT molecular complexity index is 1550. The van der Waals surface area contributed by atoms with E-state index >= 15 is 0 Å². The van der Waals surface area contributed by atoms with Crippen molar-refractivity contribution in [1.82, 2.24) is 14.0 Å². The van der Waals surface area contributed by atoms with E-state index in [1.165, 1.54) is 34.1 Å². The second-order valence-electron chi connectivity index (χ2n) is 9.30. The van der Waals surface area contributed by atoms with Crippen LogP contribution in [-0.2, 0) is 34.8 Å². The third kappa shape index (κ3) is 3.85. The van der Waals surface area contributed by atoms with Crippen LogP contribution in [0.4, 0.5) is 5.69 Å². The van der Waals surface area contributed by atoms with E-state index in [9.17, 15) is 22.8 Å². The Balaban J connectivity index is 1.55. The number of aryl methyl sites for hydroxylation is 1. The van der Waals surface area contributed by atoms with Crippen LogP contribution in [0.2, 0.25) is 0 Å². The van der Waals surface area contributed by atoms with Crippen molar-refractivity contribution in [2.45, 2.75) is 50.1 Å². The molecule has 1 saturated heterocycles. The first kappa shape index (κ1) is 23.3. The van der Waals surface area contributed by atoms with E-state index < -0.39 is 21.3 Å². The third-order valence-electron chi connectivity index (χ3n) is 7.03. The van der Waals surface area contributed by atoms with Crippen molar-refractivity contribution in [3.8, 4) is 0 Å². The molecular formula is C25H28N4O5S. The lowest BCUT2D eigenvalue weighted by molar-refractivity contribution is -0.130. The molecule has 5 rings (SSSR count). The molecule has 0 spiro atoms. The first-order valence-electron chi connectivity index (χ1n) is 11.8. The summed E-state index contributed by atoms with van der Waals surface area (Å²) < 4.78 is 31.1. The zero-order chi connectivity index (χ0) is 24.9. The number of sulfonamides is 1. The second kappa shape index (κ2) is 8.67. The van der Waals surface area contributed by atoms with Crippen molar-refractivity contribution >= 4 is 32.5 Å². The van der Waals surface area contributed by atoms with Gasteiger partial charge in [-0.3, -0.25) is 23.0 Å². The Hall–Kier alpha value is -3.40.